The first-order valence-corrected chi connectivity index (χ1v) is 6.71. The standard InChI is InChI=1S/C16H13N3O3/c1-11-4-5-14-13(15(11)19(20)21)6-8-18-16(14)22-10-12-3-2-7-17-9-12/h2-9H,10H2,1H3. The summed E-state index contributed by atoms with van der Waals surface area (Å²) in [5.41, 5.74) is 1.61. The van der Waals surface area contributed by atoms with Crippen molar-refractivity contribution in [2.24, 2.45) is 0 Å². The smallest absolute Gasteiger partial charge is 0.280 e. The molecule has 2 aromatic heterocycles. The maximum atomic E-state index is 11.3. The molecule has 3 rings (SSSR count). The molecule has 0 aliphatic heterocycles. The van der Waals surface area contributed by atoms with Gasteiger partial charge in [0.2, 0.25) is 5.88 Å². The summed E-state index contributed by atoms with van der Waals surface area (Å²) in [7, 11) is 0. The van der Waals surface area contributed by atoms with Crippen molar-refractivity contribution in [3.63, 3.8) is 0 Å². The first kappa shape index (κ1) is 13.9. The van der Waals surface area contributed by atoms with Gasteiger partial charge in [-0.15, -0.1) is 0 Å². The number of hydrogen-bond acceptors (Lipinski definition) is 5. The Labute approximate surface area is 126 Å². The fraction of sp³-hybridized carbons (Fsp3) is 0.125. The molecule has 22 heavy (non-hydrogen) atoms. The molecule has 6 nitrogen and oxygen atoms in total. The minimum absolute atomic E-state index is 0.0890. The van der Waals surface area contributed by atoms with Gasteiger partial charge in [0, 0.05) is 29.7 Å². The average Bonchev–Trinajstić information content (AvgIpc) is 2.53. The molecule has 0 bridgehead atoms. The molecule has 0 aliphatic rings. The number of benzene rings is 1. The molecule has 0 unspecified atom stereocenters. The van der Waals surface area contributed by atoms with E-state index in [0.717, 1.165) is 5.56 Å². The van der Waals surface area contributed by atoms with Crippen molar-refractivity contribution in [1.82, 2.24) is 9.97 Å². The fourth-order valence-electron chi connectivity index (χ4n) is 2.31. The largest absolute Gasteiger partial charge is 0.472 e. The molecule has 0 radical (unpaired) electrons. The van der Waals surface area contributed by atoms with Crippen LogP contribution >= 0.6 is 0 Å². The van der Waals surface area contributed by atoms with Crippen molar-refractivity contribution < 1.29 is 9.66 Å². The third-order valence-electron chi connectivity index (χ3n) is 3.36. The number of pyridine rings is 2. The van der Waals surface area contributed by atoms with Crippen LogP contribution in [0, 0.1) is 17.0 Å². The van der Waals surface area contributed by atoms with Gasteiger partial charge in [0.15, 0.2) is 0 Å². The van der Waals surface area contributed by atoms with Crippen molar-refractivity contribution >= 4 is 16.5 Å². The molecule has 0 atom stereocenters. The highest BCUT2D eigenvalue weighted by Crippen LogP contribution is 2.33. The Morgan fingerprint density at radius 2 is 2.05 bits per heavy atom. The summed E-state index contributed by atoms with van der Waals surface area (Å²) in [6.07, 6.45) is 4.91. The second-order valence-corrected chi connectivity index (χ2v) is 4.85. The van der Waals surface area contributed by atoms with Crippen LogP contribution in [0.25, 0.3) is 10.8 Å². The summed E-state index contributed by atoms with van der Waals surface area (Å²) in [5, 5.41) is 12.4. The monoisotopic (exact) mass is 295 g/mol. The fourth-order valence-corrected chi connectivity index (χ4v) is 2.31. The van der Waals surface area contributed by atoms with E-state index in [9.17, 15) is 10.1 Å². The zero-order valence-electron chi connectivity index (χ0n) is 11.9. The summed E-state index contributed by atoms with van der Waals surface area (Å²) < 4.78 is 5.71. The van der Waals surface area contributed by atoms with Crippen LogP contribution in [0.2, 0.25) is 0 Å². The molecule has 0 amide bonds. The third kappa shape index (κ3) is 2.58. The molecule has 1 aromatic carbocycles. The summed E-state index contributed by atoms with van der Waals surface area (Å²) in [6, 6.07) is 8.86. The maximum absolute atomic E-state index is 11.3. The predicted octanol–water partition coefficient (Wildman–Crippen LogP) is 3.43. The number of nitrogens with zero attached hydrogens (tertiary/aromatic N) is 3. The van der Waals surface area contributed by atoms with Gasteiger partial charge in [0.25, 0.3) is 5.69 Å². The third-order valence-corrected chi connectivity index (χ3v) is 3.36. The van der Waals surface area contributed by atoms with Crippen LogP contribution in [-0.4, -0.2) is 14.9 Å². The molecular formula is C16H13N3O3. The van der Waals surface area contributed by atoms with E-state index >= 15 is 0 Å². The van der Waals surface area contributed by atoms with Gasteiger partial charge in [-0.2, -0.15) is 0 Å². The van der Waals surface area contributed by atoms with Crippen LogP contribution in [-0.2, 0) is 6.61 Å². The topological polar surface area (TPSA) is 78.2 Å². The first-order chi connectivity index (χ1) is 10.7. The molecule has 0 saturated heterocycles. The number of rotatable bonds is 4. The molecule has 0 N–H and O–H groups in total. The second kappa shape index (κ2) is 5.77. The molecule has 0 spiro atoms. The molecule has 0 saturated carbocycles. The Balaban J connectivity index is 2.01. The Morgan fingerprint density at radius 3 is 2.77 bits per heavy atom. The van der Waals surface area contributed by atoms with Gasteiger partial charge in [0.05, 0.1) is 15.7 Å². The molecule has 110 valence electrons. The molecule has 3 aromatic rings. The summed E-state index contributed by atoms with van der Waals surface area (Å²) in [5.74, 6) is 0.379. The lowest BCUT2D eigenvalue weighted by Gasteiger charge is -2.09. The van der Waals surface area contributed by atoms with E-state index in [1.165, 1.54) is 6.20 Å². The number of aromatic nitrogens is 2. The van der Waals surface area contributed by atoms with Crippen LogP contribution in [0.4, 0.5) is 5.69 Å². The average molecular weight is 295 g/mol. The molecule has 2 heterocycles. The highest BCUT2D eigenvalue weighted by Gasteiger charge is 2.18. The van der Waals surface area contributed by atoms with Gasteiger partial charge in [0.1, 0.15) is 6.61 Å². The van der Waals surface area contributed by atoms with Crippen molar-refractivity contribution in [3.05, 3.63) is 70.2 Å². The normalized spacial score (nSPS) is 10.6. The molecule has 0 fully saturated rings. The van der Waals surface area contributed by atoms with Gasteiger partial charge in [-0.05, 0) is 25.1 Å². The minimum Gasteiger partial charge on any atom is -0.472 e. The van der Waals surface area contributed by atoms with Crippen LogP contribution in [0.3, 0.4) is 0 Å². The lowest BCUT2D eigenvalue weighted by molar-refractivity contribution is -0.383. The maximum Gasteiger partial charge on any atom is 0.280 e. The second-order valence-electron chi connectivity index (χ2n) is 4.85. The van der Waals surface area contributed by atoms with Gasteiger partial charge in [-0.25, -0.2) is 4.98 Å². The van der Waals surface area contributed by atoms with Crippen molar-refractivity contribution in [2.45, 2.75) is 13.5 Å². The van der Waals surface area contributed by atoms with E-state index in [-0.39, 0.29) is 10.6 Å². The number of nitro benzene ring substituents is 1. The first-order valence-electron chi connectivity index (χ1n) is 6.71. The lowest BCUT2D eigenvalue weighted by atomic mass is 10.1. The van der Waals surface area contributed by atoms with E-state index < -0.39 is 0 Å². The minimum atomic E-state index is -0.372. The van der Waals surface area contributed by atoms with Gasteiger partial charge >= 0.3 is 0 Å². The van der Waals surface area contributed by atoms with Crippen molar-refractivity contribution in [1.29, 1.82) is 0 Å². The van der Waals surface area contributed by atoms with Gasteiger partial charge in [-0.1, -0.05) is 12.1 Å². The molecule has 0 aliphatic carbocycles. The van der Waals surface area contributed by atoms with Gasteiger partial charge in [-0.3, -0.25) is 15.1 Å². The van der Waals surface area contributed by atoms with Crippen LogP contribution in [0.15, 0.2) is 48.9 Å². The van der Waals surface area contributed by atoms with Crippen LogP contribution < -0.4 is 4.74 Å². The van der Waals surface area contributed by atoms with Crippen molar-refractivity contribution in [3.8, 4) is 5.88 Å². The predicted molar refractivity (Wildman–Crippen MR) is 81.7 cm³/mol. The molecular weight excluding hydrogens is 282 g/mol. The number of aryl methyl sites for hydroxylation is 1. The Kier molecular flexibility index (Phi) is 3.65. The number of fused-ring (bicyclic) bond motifs is 1. The van der Waals surface area contributed by atoms with E-state index in [2.05, 4.69) is 9.97 Å². The Bertz CT molecular complexity index is 835. The highest BCUT2D eigenvalue weighted by atomic mass is 16.6. The van der Waals surface area contributed by atoms with E-state index in [1.54, 1.807) is 37.5 Å². The number of hydrogen-bond donors (Lipinski definition) is 0. The highest BCUT2D eigenvalue weighted by molar-refractivity contribution is 5.95. The zero-order chi connectivity index (χ0) is 15.5. The summed E-state index contributed by atoms with van der Waals surface area (Å²) >= 11 is 0. The molecule has 6 heteroatoms. The number of nitro groups is 1. The summed E-state index contributed by atoms with van der Waals surface area (Å²) in [4.78, 5) is 19.1. The lowest BCUT2D eigenvalue weighted by Crippen LogP contribution is -1.99. The Morgan fingerprint density at radius 1 is 1.18 bits per heavy atom. The van der Waals surface area contributed by atoms with Crippen LogP contribution in [0.5, 0.6) is 5.88 Å². The SMILES string of the molecule is Cc1ccc2c(OCc3cccnc3)nccc2c1[N+](=O)[O-]. The van der Waals surface area contributed by atoms with Crippen LogP contribution in [0.1, 0.15) is 11.1 Å². The number of ether oxygens (including phenoxy) is 1. The Hall–Kier alpha value is -3.02. The van der Waals surface area contributed by atoms with Crippen molar-refractivity contribution in [2.75, 3.05) is 0 Å². The van der Waals surface area contributed by atoms with E-state index in [0.29, 0.717) is 28.8 Å². The zero-order valence-corrected chi connectivity index (χ0v) is 11.9. The van der Waals surface area contributed by atoms with E-state index in [4.69, 9.17) is 4.74 Å². The quantitative estimate of drug-likeness (QED) is 0.544. The van der Waals surface area contributed by atoms with E-state index in [1.807, 2.05) is 12.1 Å². The van der Waals surface area contributed by atoms with Gasteiger partial charge < -0.3 is 4.74 Å². The summed E-state index contributed by atoms with van der Waals surface area (Å²) in [6.45, 7) is 2.02.